The number of aryl methyl sites for hydroxylation is 1. The first-order chi connectivity index (χ1) is 9.10. The molecule has 0 radical (unpaired) electrons. The second-order valence-corrected chi connectivity index (χ2v) is 7.07. The Morgan fingerprint density at radius 3 is 2.63 bits per heavy atom. The van der Waals surface area contributed by atoms with Crippen LogP contribution in [0.1, 0.15) is 35.2 Å². The third-order valence-corrected chi connectivity index (χ3v) is 5.13. The van der Waals surface area contributed by atoms with E-state index < -0.39 is 0 Å². The maximum atomic E-state index is 6.27. The minimum absolute atomic E-state index is 0.243. The highest BCUT2D eigenvalue weighted by atomic mass is 79.9. The quantitative estimate of drug-likeness (QED) is 0.736. The van der Waals surface area contributed by atoms with E-state index in [1.165, 1.54) is 9.75 Å². The Morgan fingerprint density at radius 1 is 1.26 bits per heavy atom. The van der Waals surface area contributed by atoms with Gasteiger partial charge < -0.3 is 5.32 Å². The summed E-state index contributed by atoms with van der Waals surface area (Å²) in [6.45, 7) is 5.22. The molecule has 0 aliphatic rings. The Balaban J connectivity index is 1.98. The topological polar surface area (TPSA) is 12.0 Å². The minimum Gasteiger partial charge on any atom is -0.305 e. The van der Waals surface area contributed by atoms with Crippen LogP contribution in [0.5, 0.6) is 0 Å². The number of benzene rings is 1. The number of halogens is 2. The molecule has 0 bridgehead atoms. The van der Waals surface area contributed by atoms with Crippen LogP contribution in [-0.2, 0) is 13.0 Å². The van der Waals surface area contributed by atoms with Gasteiger partial charge in [0.25, 0.3) is 0 Å². The Bertz CT molecular complexity index is 553. The fourth-order valence-electron chi connectivity index (χ4n) is 1.92. The Hall–Kier alpha value is -0.350. The van der Waals surface area contributed by atoms with Crippen LogP contribution >= 0.6 is 38.9 Å². The molecule has 0 saturated heterocycles. The van der Waals surface area contributed by atoms with Gasteiger partial charge in [0, 0.05) is 31.8 Å². The lowest BCUT2D eigenvalue weighted by Crippen LogP contribution is -2.17. The summed E-state index contributed by atoms with van der Waals surface area (Å²) in [4.78, 5) is 2.81. The lowest BCUT2D eigenvalue weighted by Gasteiger charge is -2.15. The van der Waals surface area contributed by atoms with Gasteiger partial charge in [0.2, 0.25) is 0 Å². The molecule has 1 N–H and O–H groups in total. The van der Waals surface area contributed by atoms with Crippen LogP contribution in [0.2, 0.25) is 5.02 Å². The molecule has 1 heterocycles. The number of hydrogen-bond acceptors (Lipinski definition) is 2. The van der Waals surface area contributed by atoms with E-state index in [1.807, 2.05) is 23.5 Å². The van der Waals surface area contributed by atoms with E-state index >= 15 is 0 Å². The van der Waals surface area contributed by atoms with Crippen molar-refractivity contribution in [3.8, 4) is 0 Å². The molecular formula is C15H17BrClNS. The second-order valence-electron chi connectivity index (χ2n) is 4.49. The van der Waals surface area contributed by atoms with Gasteiger partial charge in [-0.1, -0.05) is 40.5 Å². The van der Waals surface area contributed by atoms with Crippen LogP contribution in [0.25, 0.3) is 0 Å². The normalized spacial score (nSPS) is 12.6. The summed E-state index contributed by atoms with van der Waals surface area (Å²) in [7, 11) is 0. The van der Waals surface area contributed by atoms with E-state index in [-0.39, 0.29) is 6.04 Å². The van der Waals surface area contributed by atoms with Crippen molar-refractivity contribution in [2.45, 2.75) is 32.9 Å². The predicted molar refractivity (Wildman–Crippen MR) is 88.1 cm³/mol. The van der Waals surface area contributed by atoms with Crippen LogP contribution in [0.3, 0.4) is 0 Å². The van der Waals surface area contributed by atoms with Gasteiger partial charge in [0.1, 0.15) is 0 Å². The van der Waals surface area contributed by atoms with Crippen molar-refractivity contribution in [2.24, 2.45) is 0 Å². The average molecular weight is 359 g/mol. The van der Waals surface area contributed by atoms with Gasteiger partial charge >= 0.3 is 0 Å². The van der Waals surface area contributed by atoms with E-state index in [4.69, 9.17) is 11.6 Å². The van der Waals surface area contributed by atoms with Gasteiger partial charge in [-0.15, -0.1) is 11.3 Å². The highest BCUT2D eigenvalue weighted by Gasteiger charge is 2.10. The zero-order valence-electron chi connectivity index (χ0n) is 11.0. The van der Waals surface area contributed by atoms with Crippen molar-refractivity contribution < 1.29 is 0 Å². The molecule has 4 heteroatoms. The van der Waals surface area contributed by atoms with Crippen LogP contribution in [0.15, 0.2) is 34.8 Å². The van der Waals surface area contributed by atoms with E-state index in [9.17, 15) is 0 Å². The number of hydrogen-bond donors (Lipinski definition) is 1. The molecule has 1 unspecified atom stereocenters. The maximum absolute atomic E-state index is 6.27. The smallest absolute Gasteiger partial charge is 0.0464 e. The summed E-state index contributed by atoms with van der Waals surface area (Å²) in [6, 6.07) is 10.7. The van der Waals surface area contributed by atoms with Crippen molar-refractivity contribution in [1.82, 2.24) is 5.32 Å². The third-order valence-electron chi connectivity index (χ3n) is 3.08. The summed E-state index contributed by atoms with van der Waals surface area (Å²) < 4.78 is 1.01. The largest absolute Gasteiger partial charge is 0.305 e. The summed E-state index contributed by atoms with van der Waals surface area (Å²) in [5, 5.41) is 4.32. The SMILES string of the molecule is CCc1ccc(CNC(C)c2ccc(Br)cc2Cl)s1. The van der Waals surface area contributed by atoms with Crippen LogP contribution in [0.4, 0.5) is 0 Å². The van der Waals surface area contributed by atoms with Crippen molar-refractivity contribution >= 4 is 38.9 Å². The summed E-state index contributed by atoms with van der Waals surface area (Å²) in [6.07, 6.45) is 1.11. The first-order valence-corrected chi connectivity index (χ1v) is 8.34. The highest BCUT2D eigenvalue weighted by molar-refractivity contribution is 9.10. The summed E-state index contributed by atoms with van der Waals surface area (Å²) in [5.41, 5.74) is 1.14. The van der Waals surface area contributed by atoms with E-state index in [0.717, 1.165) is 28.0 Å². The fraction of sp³-hybridized carbons (Fsp3) is 0.333. The van der Waals surface area contributed by atoms with Crippen molar-refractivity contribution in [3.05, 3.63) is 55.1 Å². The maximum Gasteiger partial charge on any atom is 0.0464 e. The molecule has 0 aliphatic carbocycles. The molecule has 0 spiro atoms. The molecule has 102 valence electrons. The molecule has 0 aliphatic heterocycles. The van der Waals surface area contributed by atoms with Gasteiger partial charge in [-0.2, -0.15) is 0 Å². The number of rotatable bonds is 5. The molecule has 2 rings (SSSR count). The zero-order valence-corrected chi connectivity index (χ0v) is 14.2. The lowest BCUT2D eigenvalue weighted by atomic mass is 10.1. The Labute approximate surface area is 132 Å². The predicted octanol–water partition coefficient (Wildman–Crippen LogP) is 5.58. The molecular weight excluding hydrogens is 342 g/mol. The molecule has 0 amide bonds. The monoisotopic (exact) mass is 357 g/mol. The van der Waals surface area contributed by atoms with Crippen LogP contribution in [0, 0.1) is 0 Å². The van der Waals surface area contributed by atoms with Gasteiger partial charge in [0.05, 0.1) is 0 Å². The van der Waals surface area contributed by atoms with Crippen molar-refractivity contribution in [3.63, 3.8) is 0 Å². The second kappa shape index (κ2) is 6.89. The molecule has 1 aromatic heterocycles. The Morgan fingerprint density at radius 2 is 2.00 bits per heavy atom. The average Bonchev–Trinajstić information content (AvgIpc) is 2.84. The molecule has 19 heavy (non-hydrogen) atoms. The van der Waals surface area contributed by atoms with Crippen LogP contribution < -0.4 is 5.32 Å². The van der Waals surface area contributed by atoms with Gasteiger partial charge in [0.15, 0.2) is 0 Å². The Kier molecular flexibility index (Phi) is 5.46. The van der Waals surface area contributed by atoms with E-state index in [0.29, 0.717) is 0 Å². The van der Waals surface area contributed by atoms with Crippen molar-refractivity contribution in [2.75, 3.05) is 0 Å². The molecule has 0 saturated carbocycles. The molecule has 1 atom stereocenters. The lowest BCUT2D eigenvalue weighted by molar-refractivity contribution is 0.579. The van der Waals surface area contributed by atoms with Gasteiger partial charge in [-0.05, 0) is 43.2 Å². The van der Waals surface area contributed by atoms with Gasteiger partial charge in [-0.25, -0.2) is 0 Å². The fourth-order valence-corrected chi connectivity index (χ4v) is 3.67. The first-order valence-electron chi connectivity index (χ1n) is 6.36. The highest BCUT2D eigenvalue weighted by Crippen LogP contribution is 2.27. The number of thiophene rings is 1. The number of nitrogens with one attached hydrogen (secondary N) is 1. The van der Waals surface area contributed by atoms with E-state index in [1.54, 1.807) is 0 Å². The first kappa shape index (κ1) is 15.0. The molecule has 0 fully saturated rings. The third kappa shape index (κ3) is 4.06. The minimum atomic E-state index is 0.243. The molecule has 1 aromatic carbocycles. The van der Waals surface area contributed by atoms with Gasteiger partial charge in [-0.3, -0.25) is 0 Å². The summed E-state index contributed by atoms with van der Waals surface area (Å²) >= 11 is 11.6. The van der Waals surface area contributed by atoms with Crippen molar-refractivity contribution in [1.29, 1.82) is 0 Å². The standard InChI is InChI=1S/C15H17BrClNS/c1-3-12-5-6-13(19-12)9-18-10(2)14-7-4-11(16)8-15(14)17/h4-8,10,18H,3,9H2,1-2H3. The van der Waals surface area contributed by atoms with Crippen LogP contribution in [-0.4, -0.2) is 0 Å². The molecule has 2 aromatic rings. The summed E-state index contributed by atoms with van der Waals surface area (Å²) in [5.74, 6) is 0. The zero-order chi connectivity index (χ0) is 13.8. The molecule has 1 nitrogen and oxygen atoms in total. The van der Waals surface area contributed by atoms with E-state index in [2.05, 4.69) is 53.3 Å².